The van der Waals surface area contributed by atoms with Crippen molar-refractivity contribution in [2.45, 2.75) is 19.8 Å². The molecular weight excluding hydrogens is 212 g/mol. The third-order valence-corrected chi connectivity index (χ3v) is 3.01. The second-order valence-electron chi connectivity index (χ2n) is 4.14. The third-order valence-electron chi connectivity index (χ3n) is 3.01. The fourth-order valence-corrected chi connectivity index (χ4v) is 2.05. The van der Waals surface area contributed by atoms with Gasteiger partial charge >= 0.3 is 0 Å². The predicted molar refractivity (Wildman–Crippen MR) is 67.2 cm³/mol. The number of ketones is 1. The van der Waals surface area contributed by atoms with Crippen molar-refractivity contribution in [1.82, 2.24) is 0 Å². The molecule has 0 heterocycles. The summed E-state index contributed by atoms with van der Waals surface area (Å²) in [6.07, 6.45) is 6.43. The van der Waals surface area contributed by atoms with Crippen molar-refractivity contribution in [3.8, 4) is 0 Å². The summed E-state index contributed by atoms with van der Waals surface area (Å²) in [6, 6.07) is 6.94. The van der Waals surface area contributed by atoms with Crippen molar-refractivity contribution < 1.29 is 9.59 Å². The maximum Gasteiger partial charge on any atom is 0.190 e. The Morgan fingerprint density at radius 3 is 2.76 bits per heavy atom. The van der Waals surface area contributed by atoms with Gasteiger partial charge in [-0.15, -0.1) is 0 Å². The van der Waals surface area contributed by atoms with Gasteiger partial charge in [0.25, 0.3) is 0 Å². The second-order valence-corrected chi connectivity index (χ2v) is 4.14. The largest absolute Gasteiger partial charge is 0.298 e. The zero-order valence-electron chi connectivity index (χ0n) is 9.77. The molecule has 0 fully saturated rings. The highest BCUT2D eigenvalue weighted by molar-refractivity contribution is 6.13. The Kier molecular flexibility index (Phi) is 3.33. The van der Waals surface area contributed by atoms with Crippen LogP contribution in [0.4, 0.5) is 0 Å². The number of Topliss-reactive ketones (excluding diaryl/α,β-unsaturated/α-hetero) is 1. The van der Waals surface area contributed by atoms with Crippen LogP contribution in [-0.2, 0) is 0 Å². The van der Waals surface area contributed by atoms with Crippen LogP contribution in [0.5, 0.6) is 0 Å². The first-order valence-electron chi connectivity index (χ1n) is 5.69. The normalized spacial score (nSPS) is 14.9. The molecule has 2 nitrogen and oxygen atoms in total. The van der Waals surface area contributed by atoms with Crippen LogP contribution < -0.4 is 0 Å². The molecule has 1 aromatic carbocycles. The molecule has 0 radical (unpaired) electrons. The van der Waals surface area contributed by atoms with Gasteiger partial charge in [0.1, 0.15) is 0 Å². The Hall–Kier alpha value is -1.96. The minimum absolute atomic E-state index is 0.0189. The quantitative estimate of drug-likeness (QED) is 0.585. The van der Waals surface area contributed by atoms with E-state index in [9.17, 15) is 9.59 Å². The molecular formula is C15H14O2. The zero-order valence-corrected chi connectivity index (χ0v) is 9.77. The fraction of sp³-hybridized carbons (Fsp3) is 0.200. The van der Waals surface area contributed by atoms with E-state index < -0.39 is 0 Å². The number of allylic oxidation sites excluding steroid dienone is 4. The molecule has 86 valence electrons. The molecule has 2 heteroatoms. The van der Waals surface area contributed by atoms with E-state index in [0.29, 0.717) is 11.1 Å². The molecule has 0 N–H and O–H groups in total. The van der Waals surface area contributed by atoms with Gasteiger partial charge in [-0.25, -0.2) is 0 Å². The monoisotopic (exact) mass is 226 g/mol. The minimum atomic E-state index is -0.0189. The highest BCUT2D eigenvalue weighted by Crippen LogP contribution is 2.23. The lowest BCUT2D eigenvalue weighted by atomic mass is 9.90. The Morgan fingerprint density at radius 2 is 2.06 bits per heavy atom. The van der Waals surface area contributed by atoms with Gasteiger partial charge in [0, 0.05) is 16.7 Å². The van der Waals surface area contributed by atoms with E-state index in [0.717, 1.165) is 30.3 Å². The number of hydrogen-bond acceptors (Lipinski definition) is 2. The Morgan fingerprint density at radius 1 is 1.29 bits per heavy atom. The van der Waals surface area contributed by atoms with Gasteiger partial charge in [-0.2, -0.15) is 0 Å². The number of hydrogen-bond donors (Lipinski definition) is 0. The first-order chi connectivity index (χ1) is 8.24. The van der Waals surface area contributed by atoms with Gasteiger partial charge in [0.15, 0.2) is 12.1 Å². The molecule has 0 unspecified atom stereocenters. The number of aldehydes is 1. The van der Waals surface area contributed by atoms with Gasteiger partial charge in [0.2, 0.25) is 0 Å². The SMILES string of the molecule is CC1=C(C(=O)c2ccccc2C=O)CCC=C1. The smallest absolute Gasteiger partial charge is 0.190 e. The Balaban J connectivity index is 2.44. The van der Waals surface area contributed by atoms with Crippen molar-refractivity contribution in [2.24, 2.45) is 0 Å². The average Bonchev–Trinajstić information content (AvgIpc) is 2.38. The lowest BCUT2D eigenvalue weighted by Gasteiger charge is -2.13. The summed E-state index contributed by atoms with van der Waals surface area (Å²) in [6.45, 7) is 1.94. The highest BCUT2D eigenvalue weighted by Gasteiger charge is 2.18. The summed E-state index contributed by atoms with van der Waals surface area (Å²) < 4.78 is 0. The first kappa shape index (κ1) is 11.5. The molecule has 0 spiro atoms. The molecule has 1 aromatic rings. The maximum atomic E-state index is 12.3. The van der Waals surface area contributed by atoms with E-state index in [1.165, 1.54) is 0 Å². The topological polar surface area (TPSA) is 34.1 Å². The van der Waals surface area contributed by atoms with Crippen LogP contribution in [0.15, 0.2) is 47.6 Å². The van der Waals surface area contributed by atoms with E-state index in [2.05, 4.69) is 6.08 Å². The lowest BCUT2D eigenvalue weighted by molar-refractivity contribution is 0.102. The third kappa shape index (κ3) is 2.26. The summed E-state index contributed by atoms with van der Waals surface area (Å²) in [4.78, 5) is 23.3. The summed E-state index contributed by atoms with van der Waals surface area (Å²) in [5.41, 5.74) is 2.79. The van der Waals surface area contributed by atoms with Crippen LogP contribution in [0, 0.1) is 0 Å². The maximum absolute atomic E-state index is 12.3. The van der Waals surface area contributed by atoms with Crippen molar-refractivity contribution in [2.75, 3.05) is 0 Å². The molecule has 0 aliphatic heterocycles. The van der Waals surface area contributed by atoms with Crippen molar-refractivity contribution in [1.29, 1.82) is 0 Å². The fourth-order valence-electron chi connectivity index (χ4n) is 2.05. The van der Waals surface area contributed by atoms with Gasteiger partial charge in [0.05, 0.1) is 0 Å². The molecule has 1 aliphatic carbocycles. The number of benzene rings is 1. The number of carbonyl (C=O) groups excluding carboxylic acids is 2. The molecule has 0 aromatic heterocycles. The summed E-state index contributed by atoms with van der Waals surface area (Å²) >= 11 is 0. The highest BCUT2D eigenvalue weighted by atomic mass is 16.1. The Bertz CT molecular complexity index is 521. The number of rotatable bonds is 3. The standard InChI is InChI=1S/C15H14O2/c1-11-6-2-4-8-13(11)15(17)14-9-5-3-7-12(14)10-16/h2-3,5-7,9-10H,4,8H2,1H3. The van der Waals surface area contributed by atoms with Crippen LogP contribution in [0.1, 0.15) is 40.5 Å². The van der Waals surface area contributed by atoms with E-state index in [1.54, 1.807) is 24.3 Å². The van der Waals surface area contributed by atoms with Crippen molar-refractivity contribution >= 4 is 12.1 Å². The van der Waals surface area contributed by atoms with E-state index >= 15 is 0 Å². The minimum Gasteiger partial charge on any atom is -0.298 e. The van der Waals surface area contributed by atoms with Crippen LogP contribution in [0.2, 0.25) is 0 Å². The second kappa shape index (κ2) is 4.91. The van der Waals surface area contributed by atoms with Crippen LogP contribution in [0.3, 0.4) is 0 Å². The Labute approximate surface area is 101 Å². The molecule has 0 amide bonds. The van der Waals surface area contributed by atoms with E-state index in [-0.39, 0.29) is 5.78 Å². The molecule has 0 bridgehead atoms. The molecule has 0 saturated heterocycles. The molecule has 0 saturated carbocycles. The predicted octanol–water partition coefficient (Wildman–Crippen LogP) is 3.35. The summed E-state index contributed by atoms with van der Waals surface area (Å²) in [5, 5.41) is 0. The van der Waals surface area contributed by atoms with Gasteiger partial charge in [-0.1, -0.05) is 36.4 Å². The summed E-state index contributed by atoms with van der Waals surface area (Å²) in [7, 11) is 0. The van der Waals surface area contributed by atoms with E-state index in [1.807, 2.05) is 13.0 Å². The molecule has 0 atom stereocenters. The zero-order chi connectivity index (χ0) is 12.3. The average molecular weight is 226 g/mol. The van der Waals surface area contributed by atoms with E-state index in [4.69, 9.17) is 0 Å². The van der Waals surface area contributed by atoms with Crippen LogP contribution in [-0.4, -0.2) is 12.1 Å². The first-order valence-corrected chi connectivity index (χ1v) is 5.69. The van der Waals surface area contributed by atoms with Crippen LogP contribution in [0.25, 0.3) is 0 Å². The molecule has 1 aliphatic rings. The lowest BCUT2D eigenvalue weighted by Crippen LogP contribution is -2.09. The van der Waals surface area contributed by atoms with Crippen molar-refractivity contribution in [3.05, 3.63) is 58.7 Å². The van der Waals surface area contributed by atoms with Crippen molar-refractivity contribution in [3.63, 3.8) is 0 Å². The number of carbonyl (C=O) groups is 2. The van der Waals surface area contributed by atoms with Gasteiger partial charge < -0.3 is 0 Å². The summed E-state index contributed by atoms with van der Waals surface area (Å²) in [5.74, 6) is -0.0189. The molecule has 2 rings (SSSR count). The van der Waals surface area contributed by atoms with Gasteiger partial charge in [-0.3, -0.25) is 9.59 Å². The molecule has 17 heavy (non-hydrogen) atoms. The van der Waals surface area contributed by atoms with Crippen LogP contribution >= 0.6 is 0 Å². The van der Waals surface area contributed by atoms with Gasteiger partial charge in [-0.05, 0) is 25.3 Å².